The quantitative estimate of drug-likeness (QED) is 0.259. The first kappa shape index (κ1) is 20.9. The average molecular weight is 459 g/mol. The predicted molar refractivity (Wildman–Crippen MR) is 105 cm³/mol. The fourth-order valence-corrected chi connectivity index (χ4v) is 3.62. The lowest BCUT2D eigenvalue weighted by atomic mass is 10.2. The van der Waals surface area contributed by atoms with Crippen LogP contribution in [0.2, 0.25) is 0 Å². The number of nitrogens with zero attached hydrogens (tertiary/aromatic N) is 3. The Morgan fingerprint density at radius 3 is 2.57 bits per heavy atom. The number of halogens is 1. The van der Waals surface area contributed by atoms with E-state index in [-0.39, 0.29) is 24.0 Å². The number of sulfonamides is 1. The Bertz CT molecular complexity index is 480. The Balaban J connectivity index is 0.00000264. The van der Waals surface area contributed by atoms with Crippen LogP contribution in [0.3, 0.4) is 0 Å². The summed E-state index contributed by atoms with van der Waals surface area (Å²) in [6, 6.07) is 0.639. The van der Waals surface area contributed by atoms with E-state index in [4.69, 9.17) is 0 Å². The second-order valence-electron chi connectivity index (χ2n) is 6.03. The number of likely N-dealkylation sites (tertiary alicyclic amines) is 2. The Kier molecular flexibility index (Phi) is 9.09. The van der Waals surface area contributed by atoms with Crippen LogP contribution in [0.25, 0.3) is 0 Å². The van der Waals surface area contributed by atoms with Crippen molar-refractivity contribution < 1.29 is 8.42 Å². The van der Waals surface area contributed by atoms with Gasteiger partial charge in [0.2, 0.25) is 10.0 Å². The first-order valence-electron chi connectivity index (χ1n) is 8.21. The molecular formula is C14H30IN5O2S. The van der Waals surface area contributed by atoms with Crippen molar-refractivity contribution in [1.29, 1.82) is 0 Å². The van der Waals surface area contributed by atoms with Gasteiger partial charge in [0.1, 0.15) is 0 Å². The van der Waals surface area contributed by atoms with Gasteiger partial charge in [0.25, 0.3) is 0 Å². The highest BCUT2D eigenvalue weighted by molar-refractivity contribution is 14.0. The van der Waals surface area contributed by atoms with Crippen LogP contribution in [-0.4, -0.2) is 82.3 Å². The molecule has 7 nitrogen and oxygen atoms in total. The Morgan fingerprint density at radius 2 is 1.96 bits per heavy atom. The van der Waals surface area contributed by atoms with Crippen LogP contribution >= 0.6 is 24.0 Å². The van der Waals surface area contributed by atoms with Crippen molar-refractivity contribution >= 4 is 40.0 Å². The summed E-state index contributed by atoms with van der Waals surface area (Å²) in [5.74, 6) is 0.902. The van der Waals surface area contributed by atoms with E-state index in [1.54, 1.807) is 0 Å². The molecule has 2 fully saturated rings. The van der Waals surface area contributed by atoms with Crippen molar-refractivity contribution in [2.45, 2.75) is 32.2 Å². The van der Waals surface area contributed by atoms with Crippen molar-refractivity contribution in [3.63, 3.8) is 0 Å². The van der Waals surface area contributed by atoms with Crippen molar-refractivity contribution in [1.82, 2.24) is 19.8 Å². The summed E-state index contributed by atoms with van der Waals surface area (Å²) in [7, 11) is -3.13. The van der Waals surface area contributed by atoms with Gasteiger partial charge in [-0.25, -0.2) is 13.1 Å². The lowest BCUT2D eigenvalue weighted by Crippen LogP contribution is -2.43. The van der Waals surface area contributed by atoms with E-state index in [1.165, 1.54) is 38.6 Å². The molecule has 2 aliphatic heterocycles. The zero-order chi connectivity index (χ0) is 16.0. The topological polar surface area (TPSA) is 77.0 Å². The zero-order valence-corrected chi connectivity index (χ0v) is 17.3. The molecule has 2 heterocycles. The van der Waals surface area contributed by atoms with Crippen LogP contribution in [0.4, 0.5) is 0 Å². The molecule has 0 saturated carbocycles. The van der Waals surface area contributed by atoms with E-state index in [1.807, 2.05) is 0 Å². The summed E-state index contributed by atoms with van der Waals surface area (Å²) in [5, 5.41) is 3.31. The third kappa shape index (κ3) is 7.10. The Labute approximate surface area is 157 Å². The molecule has 0 radical (unpaired) electrons. The highest BCUT2D eigenvalue weighted by Crippen LogP contribution is 2.20. The van der Waals surface area contributed by atoms with Gasteiger partial charge in [-0.05, 0) is 39.3 Å². The standard InChI is InChI=1S/C14H29N5O2S.HI/c1-3-15-14(16-7-8-17-22(2,20)21)19-11-6-13(12-19)18-9-4-5-10-18;/h13,17H,3-12H2,1-2H3,(H,15,16);1H. The number of hydrogen-bond donors (Lipinski definition) is 2. The summed E-state index contributed by atoms with van der Waals surface area (Å²) in [6.45, 7) is 8.17. The van der Waals surface area contributed by atoms with Crippen LogP contribution in [-0.2, 0) is 10.0 Å². The van der Waals surface area contributed by atoms with Crippen molar-refractivity contribution in [3.8, 4) is 0 Å². The second-order valence-corrected chi connectivity index (χ2v) is 7.87. The molecule has 0 amide bonds. The van der Waals surface area contributed by atoms with Gasteiger partial charge in [-0.2, -0.15) is 0 Å². The molecule has 2 rings (SSSR count). The smallest absolute Gasteiger partial charge is 0.208 e. The van der Waals surface area contributed by atoms with Gasteiger partial charge < -0.3 is 10.2 Å². The summed E-state index contributed by atoms with van der Waals surface area (Å²) in [4.78, 5) is 9.44. The maximum atomic E-state index is 11.1. The van der Waals surface area contributed by atoms with Crippen molar-refractivity contribution in [2.75, 3.05) is 52.1 Å². The highest BCUT2D eigenvalue weighted by Gasteiger charge is 2.30. The molecule has 0 aromatic rings. The summed E-state index contributed by atoms with van der Waals surface area (Å²) in [5.41, 5.74) is 0. The number of aliphatic imine (C=N–C) groups is 1. The molecule has 1 atom stereocenters. The SMILES string of the molecule is CCNC(=NCCNS(C)(=O)=O)N1CCC(N2CCCC2)C1.I. The van der Waals surface area contributed by atoms with Crippen molar-refractivity contribution in [2.24, 2.45) is 4.99 Å². The summed E-state index contributed by atoms with van der Waals surface area (Å²) < 4.78 is 24.6. The Morgan fingerprint density at radius 1 is 1.26 bits per heavy atom. The van der Waals surface area contributed by atoms with E-state index in [2.05, 4.69) is 31.8 Å². The van der Waals surface area contributed by atoms with Gasteiger partial charge in [0, 0.05) is 32.2 Å². The molecule has 2 N–H and O–H groups in total. The molecule has 0 spiro atoms. The van der Waals surface area contributed by atoms with Gasteiger partial charge in [-0.3, -0.25) is 9.89 Å². The first-order chi connectivity index (χ1) is 10.5. The second kappa shape index (κ2) is 10.00. The molecule has 23 heavy (non-hydrogen) atoms. The van der Waals surface area contributed by atoms with Gasteiger partial charge in [0.05, 0.1) is 12.8 Å². The van der Waals surface area contributed by atoms with Crippen LogP contribution < -0.4 is 10.0 Å². The number of nitrogens with one attached hydrogen (secondary N) is 2. The number of guanidine groups is 1. The van der Waals surface area contributed by atoms with E-state index in [9.17, 15) is 8.42 Å². The summed E-state index contributed by atoms with van der Waals surface area (Å²) >= 11 is 0. The fraction of sp³-hybridized carbons (Fsp3) is 0.929. The van der Waals surface area contributed by atoms with E-state index >= 15 is 0 Å². The van der Waals surface area contributed by atoms with Crippen LogP contribution in [0.15, 0.2) is 4.99 Å². The lowest BCUT2D eigenvalue weighted by molar-refractivity contribution is 0.249. The maximum Gasteiger partial charge on any atom is 0.208 e. The molecule has 1 unspecified atom stereocenters. The molecule has 0 bridgehead atoms. The third-order valence-corrected chi connectivity index (χ3v) is 4.92. The molecule has 2 aliphatic rings. The Hall–Kier alpha value is -0.130. The van der Waals surface area contributed by atoms with Gasteiger partial charge in [-0.15, -0.1) is 24.0 Å². The van der Waals surface area contributed by atoms with E-state index < -0.39 is 10.0 Å². The zero-order valence-electron chi connectivity index (χ0n) is 14.1. The molecule has 0 aromatic carbocycles. The van der Waals surface area contributed by atoms with Crippen molar-refractivity contribution in [3.05, 3.63) is 0 Å². The number of rotatable bonds is 6. The van der Waals surface area contributed by atoms with Gasteiger partial charge >= 0.3 is 0 Å². The molecule has 0 aromatic heterocycles. The van der Waals surface area contributed by atoms with Crippen LogP contribution in [0.5, 0.6) is 0 Å². The third-order valence-electron chi connectivity index (χ3n) is 4.19. The molecule has 0 aliphatic carbocycles. The maximum absolute atomic E-state index is 11.1. The lowest BCUT2D eigenvalue weighted by Gasteiger charge is -2.25. The first-order valence-corrected chi connectivity index (χ1v) is 10.1. The average Bonchev–Trinajstić information content (AvgIpc) is 3.10. The van der Waals surface area contributed by atoms with Crippen LogP contribution in [0.1, 0.15) is 26.2 Å². The largest absolute Gasteiger partial charge is 0.357 e. The predicted octanol–water partition coefficient (Wildman–Crippen LogP) is 0.289. The fourth-order valence-electron chi connectivity index (χ4n) is 3.16. The number of hydrogen-bond acceptors (Lipinski definition) is 4. The highest BCUT2D eigenvalue weighted by atomic mass is 127. The summed E-state index contributed by atoms with van der Waals surface area (Å²) in [6.07, 6.45) is 5.00. The molecule has 9 heteroatoms. The minimum Gasteiger partial charge on any atom is -0.357 e. The van der Waals surface area contributed by atoms with Gasteiger partial charge in [0.15, 0.2) is 5.96 Å². The normalized spacial score (nSPS) is 23.1. The molecule has 136 valence electrons. The van der Waals surface area contributed by atoms with E-state index in [0.717, 1.165) is 25.6 Å². The van der Waals surface area contributed by atoms with E-state index in [0.29, 0.717) is 19.1 Å². The minimum atomic E-state index is -3.13. The molecule has 2 saturated heterocycles. The minimum absolute atomic E-state index is 0. The monoisotopic (exact) mass is 459 g/mol. The van der Waals surface area contributed by atoms with Gasteiger partial charge in [-0.1, -0.05) is 0 Å². The molecular weight excluding hydrogens is 429 g/mol. The van der Waals surface area contributed by atoms with Crippen LogP contribution in [0, 0.1) is 0 Å².